The van der Waals surface area contributed by atoms with Crippen LogP contribution in [0.4, 0.5) is 0 Å². The van der Waals surface area contributed by atoms with E-state index in [1.54, 1.807) is 0 Å². The van der Waals surface area contributed by atoms with E-state index in [-0.39, 0.29) is 30.5 Å². The van der Waals surface area contributed by atoms with Gasteiger partial charge in [-0.1, -0.05) is 6.07 Å². The Labute approximate surface area is 132 Å². The normalized spacial score (nSPS) is 24.0. The maximum Gasteiger partial charge on any atom is 0.264 e. The number of carbonyl (C=O) groups excluding carboxylic acids is 1. The fourth-order valence-corrected chi connectivity index (χ4v) is 3.06. The van der Waals surface area contributed by atoms with Crippen molar-refractivity contribution in [1.29, 1.82) is 0 Å². The number of likely N-dealkylation sites (tertiary alicyclic amines) is 1. The lowest BCUT2D eigenvalue weighted by Gasteiger charge is -2.32. The number of rotatable bonds is 1. The van der Waals surface area contributed by atoms with Crippen LogP contribution in [0.25, 0.3) is 0 Å². The molecule has 0 aliphatic carbocycles. The second kappa shape index (κ2) is 6.24. The Morgan fingerprint density at radius 3 is 2.76 bits per heavy atom. The smallest absolute Gasteiger partial charge is 0.264 e. The molecule has 3 rings (SSSR count). The van der Waals surface area contributed by atoms with Crippen LogP contribution in [0, 0.1) is 13.8 Å². The molecule has 0 bridgehead atoms. The highest BCUT2D eigenvalue weighted by atomic mass is 35.5. The monoisotopic (exact) mass is 310 g/mol. The van der Waals surface area contributed by atoms with Crippen LogP contribution in [0.15, 0.2) is 12.1 Å². The van der Waals surface area contributed by atoms with E-state index in [0.29, 0.717) is 13.0 Å². The minimum atomic E-state index is -0.364. The van der Waals surface area contributed by atoms with E-state index in [9.17, 15) is 4.79 Å². The lowest BCUT2D eigenvalue weighted by atomic mass is 10.0. The Balaban J connectivity index is 0.00000161. The molecule has 5 heteroatoms. The number of amides is 1. The summed E-state index contributed by atoms with van der Waals surface area (Å²) in [5.41, 5.74) is 9.55. The molecule has 0 saturated carbocycles. The Morgan fingerprint density at radius 2 is 2.05 bits per heavy atom. The molecule has 0 radical (unpaired) electrons. The predicted octanol–water partition coefficient (Wildman–Crippen LogP) is 1.98. The molecule has 4 nitrogen and oxygen atoms in total. The number of fused-ring (bicyclic) bond motifs is 1. The summed E-state index contributed by atoms with van der Waals surface area (Å²) in [6, 6.07) is 4.29. The molecule has 2 heterocycles. The van der Waals surface area contributed by atoms with Gasteiger partial charge in [0.1, 0.15) is 5.75 Å². The molecule has 2 N–H and O–H groups in total. The first-order chi connectivity index (χ1) is 9.54. The molecule has 0 aromatic heterocycles. The first kappa shape index (κ1) is 16.1. The zero-order valence-corrected chi connectivity index (χ0v) is 13.4. The van der Waals surface area contributed by atoms with Crippen molar-refractivity contribution < 1.29 is 9.53 Å². The van der Waals surface area contributed by atoms with Gasteiger partial charge in [-0.25, -0.2) is 0 Å². The summed E-state index contributed by atoms with van der Waals surface area (Å²) >= 11 is 0. The molecule has 1 amide bonds. The van der Waals surface area contributed by atoms with Crippen LogP contribution in [-0.2, 0) is 11.2 Å². The Kier molecular flexibility index (Phi) is 4.79. The summed E-state index contributed by atoms with van der Waals surface area (Å²) < 4.78 is 5.86. The molecular formula is C16H23ClN2O2. The number of aryl methyl sites for hydroxylation is 2. The van der Waals surface area contributed by atoms with Gasteiger partial charge in [-0.3, -0.25) is 4.79 Å². The number of piperidine rings is 1. The average Bonchev–Trinajstić information content (AvgIpc) is 2.81. The van der Waals surface area contributed by atoms with Crippen LogP contribution in [0.1, 0.15) is 29.5 Å². The van der Waals surface area contributed by atoms with Crippen LogP contribution in [0.5, 0.6) is 5.75 Å². The molecule has 1 aromatic rings. The zero-order valence-electron chi connectivity index (χ0n) is 12.6. The van der Waals surface area contributed by atoms with Crippen molar-refractivity contribution in [2.24, 2.45) is 5.73 Å². The van der Waals surface area contributed by atoms with Gasteiger partial charge in [0.25, 0.3) is 5.91 Å². The SMILES string of the molecule is Cc1cc2c(cc1C)OC(C(=O)N1CCCC(N)C1)C2.Cl. The number of ether oxygens (including phenoxy) is 1. The second-order valence-electron chi connectivity index (χ2n) is 6.04. The molecule has 2 unspecified atom stereocenters. The van der Waals surface area contributed by atoms with Gasteiger partial charge in [-0.2, -0.15) is 0 Å². The van der Waals surface area contributed by atoms with Crippen LogP contribution in [0.2, 0.25) is 0 Å². The van der Waals surface area contributed by atoms with Gasteiger partial charge in [0.05, 0.1) is 0 Å². The van der Waals surface area contributed by atoms with Crippen molar-refractivity contribution in [2.45, 2.75) is 45.3 Å². The number of benzene rings is 1. The van der Waals surface area contributed by atoms with E-state index in [4.69, 9.17) is 10.5 Å². The first-order valence-electron chi connectivity index (χ1n) is 7.36. The summed E-state index contributed by atoms with van der Waals surface area (Å²) in [6.07, 6.45) is 2.32. The Hall–Kier alpha value is -1.26. The van der Waals surface area contributed by atoms with Gasteiger partial charge in [0.2, 0.25) is 0 Å². The molecule has 2 aliphatic heterocycles. The number of hydrogen-bond donors (Lipinski definition) is 1. The van der Waals surface area contributed by atoms with E-state index < -0.39 is 0 Å². The fraction of sp³-hybridized carbons (Fsp3) is 0.562. The van der Waals surface area contributed by atoms with Crippen molar-refractivity contribution in [3.63, 3.8) is 0 Å². The van der Waals surface area contributed by atoms with Crippen LogP contribution >= 0.6 is 12.4 Å². The highest BCUT2D eigenvalue weighted by molar-refractivity contribution is 5.85. The highest BCUT2D eigenvalue weighted by Crippen LogP contribution is 2.32. The lowest BCUT2D eigenvalue weighted by molar-refractivity contribution is -0.139. The van der Waals surface area contributed by atoms with Gasteiger partial charge >= 0.3 is 0 Å². The van der Waals surface area contributed by atoms with Gasteiger partial charge < -0.3 is 15.4 Å². The minimum absolute atomic E-state index is 0. The number of halogens is 1. The number of carbonyl (C=O) groups is 1. The zero-order chi connectivity index (χ0) is 14.3. The van der Waals surface area contributed by atoms with E-state index in [1.165, 1.54) is 11.1 Å². The third kappa shape index (κ3) is 3.16. The predicted molar refractivity (Wildman–Crippen MR) is 85.1 cm³/mol. The number of hydrogen-bond acceptors (Lipinski definition) is 3. The maximum absolute atomic E-state index is 12.5. The molecule has 2 atom stereocenters. The second-order valence-corrected chi connectivity index (χ2v) is 6.04. The highest BCUT2D eigenvalue weighted by Gasteiger charge is 2.34. The van der Waals surface area contributed by atoms with Crippen molar-refractivity contribution in [2.75, 3.05) is 13.1 Å². The topological polar surface area (TPSA) is 55.6 Å². The summed E-state index contributed by atoms with van der Waals surface area (Å²) in [5.74, 6) is 0.958. The van der Waals surface area contributed by atoms with Crippen molar-refractivity contribution in [3.05, 3.63) is 28.8 Å². The van der Waals surface area contributed by atoms with Gasteiger partial charge in [-0.05, 0) is 49.4 Å². The Bertz CT molecular complexity index is 516. The molecule has 21 heavy (non-hydrogen) atoms. The maximum atomic E-state index is 12.5. The fourth-order valence-electron chi connectivity index (χ4n) is 3.06. The molecule has 1 fully saturated rings. The van der Waals surface area contributed by atoms with Crippen LogP contribution in [-0.4, -0.2) is 36.0 Å². The summed E-state index contributed by atoms with van der Waals surface area (Å²) in [5, 5.41) is 0. The number of nitrogens with zero attached hydrogens (tertiary/aromatic N) is 1. The summed E-state index contributed by atoms with van der Waals surface area (Å²) in [4.78, 5) is 14.4. The van der Waals surface area contributed by atoms with E-state index in [0.717, 1.165) is 30.7 Å². The molecule has 2 aliphatic rings. The standard InChI is InChI=1S/C16H22N2O2.ClH/c1-10-6-12-8-15(20-14(12)7-11(10)2)16(19)18-5-3-4-13(17)9-18;/h6-7,13,15H,3-5,8-9,17H2,1-2H3;1H. The summed E-state index contributed by atoms with van der Waals surface area (Å²) in [7, 11) is 0. The Morgan fingerprint density at radius 1 is 1.33 bits per heavy atom. The quantitative estimate of drug-likeness (QED) is 0.863. The largest absolute Gasteiger partial charge is 0.480 e. The molecule has 0 spiro atoms. The van der Waals surface area contributed by atoms with Gasteiger partial charge in [-0.15, -0.1) is 12.4 Å². The third-order valence-electron chi connectivity index (χ3n) is 4.40. The first-order valence-corrected chi connectivity index (χ1v) is 7.36. The van der Waals surface area contributed by atoms with E-state index in [1.807, 2.05) is 11.0 Å². The van der Waals surface area contributed by atoms with Crippen LogP contribution in [0.3, 0.4) is 0 Å². The number of nitrogens with two attached hydrogens (primary N) is 1. The van der Waals surface area contributed by atoms with Gasteiger partial charge in [0.15, 0.2) is 6.10 Å². The third-order valence-corrected chi connectivity index (χ3v) is 4.40. The van der Waals surface area contributed by atoms with Crippen molar-refractivity contribution in [1.82, 2.24) is 4.90 Å². The average molecular weight is 311 g/mol. The van der Waals surface area contributed by atoms with E-state index in [2.05, 4.69) is 19.9 Å². The van der Waals surface area contributed by atoms with E-state index >= 15 is 0 Å². The lowest BCUT2D eigenvalue weighted by Crippen LogP contribution is -2.50. The minimum Gasteiger partial charge on any atom is -0.480 e. The van der Waals surface area contributed by atoms with Crippen LogP contribution < -0.4 is 10.5 Å². The van der Waals surface area contributed by atoms with Gasteiger partial charge in [0, 0.05) is 25.6 Å². The molecule has 116 valence electrons. The summed E-state index contributed by atoms with van der Waals surface area (Å²) in [6.45, 7) is 5.63. The molecule has 1 aromatic carbocycles. The van der Waals surface area contributed by atoms with Crippen molar-refractivity contribution >= 4 is 18.3 Å². The van der Waals surface area contributed by atoms with Crippen molar-refractivity contribution in [3.8, 4) is 5.75 Å². The molecular weight excluding hydrogens is 288 g/mol. The molecule has 1 saturated heterocycles.